The van der Waals surface area contributed by atoms with Crippen molar-refractivity contribution in [2.45, 2.75) is 6.92 Å². The number of aromatic nitrogens is 1. The molecule has 1 amide bonds. The van der Waals surface area contributed by atoms with Crippen LogP contribution in [0.2, 0.25) is 5.02 Å². The largest absolute Gasteiger partial charge is 0.478 e. The number of carboxylic acids is 1. The number of nitrogens with one attached hydrogen (secondary N) is 2. The molecule has 0 bridgehead atoms. The number of carbonyl (C=O) groups excluding carboxylic acids is 1. The standard InChI is InChI=1S/C13H10BrClN2O3/c1-6-11(13(19)20)10(5-16-6)17-12(18)7-2-8(14)4-9(15)3-7/h2-5,16H,1H3,(H,17,18)(H,19,20). The van der Waals surface area contributed by atoms with E-state index in [1.807, 2.05) is 0 Å². The van der Waals surface area contributed by atoms with Gasteiger partial charge in [-0.25, -0.2) is 4.79 Å². The summed E-state index contributed by atoms with van der Waals surface area (Å²) in [5, 5.41) is 12.1. The SMILES string of the molecule is Cc1[nH]cc(NC(=O)c2cc(Cl)cc(Br)c2)c1C(=O)O. The maximum atomic E-state index is 12.1. The molecule has 0 saturated carbocycles. The van der Waals surface area contributed by atoms with E-state index in [-0.39, 0.29) is 11.3 Å². The molecule has 3 N–H and O–H groups in total. The third kappa shape index (κ3) is 3.02. The first-order chi connectivity index (χ1) is 9.38. The third-order valence-corrected chi connectivity index (χ3v) is 3.34. The average Bonchev–Trinajstić information content (AvgIpc) is 2.69. The molecule has 0 spiro atoms. The zero-order valence-corrected chi connectivity index (χ0v) is 12.7. The highest BCUT2D eigenvalue weighted by Crippen LogP contribution is 2.23. The van der Waals surface area contributed by atoms with Crippen molar-refractivity contribution in [3.05, 3.63) is 50.7 Å². The van der Waals surface area contributed by atoms with Gasteiger partial charge in [0, 0.05) is 26.9 Å². The number of hydrogen-bond acceptors (Lipinski definition) is 2. The highest BCUT2D eigenvalue weighted by molar-refractivity contribution is 9.10. The molecule has 1 heterocycles. The molecule has 20 heavy (non-hydrogen) atoms. The summed E-state index contributed by atoms with van der Waals surface area (Å²) in [4.78, 5) is 26.0. The van der Waals surface area contributed by atoms with Crippen LogP contribution in [-0.4, -0.2) is 22.0 Å². The molecular formula is C13H10BrClN2O3. The topological polar surface area (TPSA) is 82.2 Å². The number of amides is 1. The quantitative estimate of drug-likeness (QED) is 0.783. The molecule has 2 rings (SSSR count). The molecule has 0 atom stereocenters. The number of anilines is 1. The van der Waals surface area contributed by atoms with Gasteiger partial charge in [-0.15, -0.1) is 0 Å². The molecule has 1 aromatic carbocycles. The second-order valence-corrected chi connectivity index (χ2v) is 5.47. The van der Waals surface area contributed by atoms with Gasteiger partial charge in [0.25, 0.3) is 5.91 Å². The fourth-order valence-electron chi connectivity index (χ4n) is 1.78. The van der Waals surface area contributed by atoms with Crippen molar-refractivity contribution < 1.29 is 14.7 Å². The predicted octanol–water partition coefficient (Wildman–Crippen LogP) is 3.69. The van der Waals surface area contributed by atoms with E-state index in [0.717, 1.165) is 0 Å². The lowest BCUT2D eigenvalue weighted by Crippen LogP contribution is -2.14. The number of aromatic amines is 1. The lowest BCUT2D eigenvalue weighted by molar-refractivity contribution is 0.0697. The molecule has 0 aliphatic carbocycles. The van der Waals surface area contributed by atoms with Gasteiger partial charge in [-0.1, -0.05) is 27.5 Å². The highest BCUT2D eigenvalue weighted by atomic mass is 79.9. The Morgan fingerprint density at radius 1 is 1.35 bits per heavy atom. The number of aromatic carboxylic acids is 1. The first kappa shape index (κ1) is 14.6. The van der Waals surface area contributed by atoms with Crippen LogP contribution in [0.1, 0.15) is 26.4 Å². The molecule has 0 aliphatic rings. The van der Waals surface area contributed by atoms with E-state index < -0.39 is 11.9 Å². The number of H-pyrrole nitrogens is 1. The molecule has 0 saturated heterocycles. The average molecular weight is 358 g/mol. The Hall–Kier alpha value is -1.79. The van der Waals surface area contributed by atoms with E-state index in [4.69, 9.17) is 16.7 Å². The maximum absolute atomic E-state index is 12.1. The first-order valence-corrected chi connectivity index (χ1v) is 6.74. The van der Waals surface area contributed by atoms with Gasteiger partial charge in [0.15, 0.2) is 0 Å². The van der Waals surface area contributed by atoms with Crippen molar-refractivity contribution in [3.8, 4) is 0 Å². The van der Waals surface area contributed by atoms with Crippen molar-refractivity contribution in [2.75, 3.05) is 5.32 Å². The Balaban J connectivity index is 2.30. The zero-order valence-electron chi connectivity index (χ0n) is 10.3. The van der Waals surface area contributed by atoms with Crippen molar-refractivity contribution in [1.29, 1.82) is 0 Å². The normalized spacial score (nSPS) is 10.3. The first-order valence-electron chi connectivity index (χ1n) is 5.57. The van der Waals surface area contributed by atoms with Gasteiger partial charge in [-0.3, -0.25) is 4.79 Å². The summed E-state index contributed by atoms with van der Waals surface area (Å²) in [5.41, 5.74) is 1.06. The van der Waals surface area contributed by atoms with Gasteiger partial charge < -0.3 is 15.4 Å². The van der Waals surface area contributed by atoms with Crippen LogP contribution < -0.4 is 5.32 Å². The molecule has 0 unspecified atom stereocenters. The molecule has 2 aromatic rings. The Labute approximate surface area is 128 Å². The molecule has 1 aromatic heterocycles. The Bertz CT molecular complexity index is 677. The summed E-state index contributed by atoms with van der Waals surface area (Å²) < 4.78 is 0.666. The van der Waals surface area contributed by atoms with Crippen molar-refractivity contribution in [1.82, 2.24) is 4.98 Å². The smallest absolute Gasteiger partial charge is 0.339 e. The zero-order chi connectivity index (χ0) is 14.9. The van der Waals surface area contributed by atoms with Crippen LogP contribution in [0, 0.1) is 6.92 Å². The van der Waals surface area contributed by atoms with Crippen LogP contribution in [0.25, 0.3) is 0 Å². The van der Waals surface area contributed by atoms with Crippen LogP contribution in [0.5, 0.6) is 0 Å². The van der Waals surface area contributed by atoms with Gasteiger partial charge in [0.1, 0.15) is 5.56 Å². The monoisotopic (exact) mass is 356 g/mol. The van der Waals surface area contributed by atoms with E-state index in [0.29, 0.717) is 20.8 Å². The summed E-state index contributed by atoms with van der Waals surface area (Å²) in [6.45, 7) is 1.62. The van der Waals surface area contributed by atoms with E-state index >= 15 is 0 Å². The number of carboxylic acid groups (broad SMARTS) is 1. The number of rotatable bonds is 3. The predicted molar refractivity (Wildman–Crippen MR) is 79.6 cm³/mol. The molecule has 7 heteroatoms. The van der Waals surface area contributed by atoms with Crippen molar-refractivity contribution >= 4 is 45.1 Å². The van der Waals surface area contributed by atoms with Crippen LogP contribution in [0.15, 0.2) is 28.9 Å². The Morgan fingerprint density at radius 3 is 2.65 bits per heavy atom. The minimum atomic E-state index is -1.11. The van der Waals surface area contributed by atoms with Crippen molar-refractivity contribution in [2.24, 2.45) is 0 Å². The fourth-order valence-corrected chi connectivity index (χ4v) is 2.64. The molecule has 0 radical (unpaired) electrons. The van der Waals surface area contributed by atoms with Gasteiger partial charge in [0.05, 0.1) is 5.69 Å². The maximum Gasteiger partial charge on any atom is 0.339 e. The van der Waals surface area contributed by atoms with E-state index in [2.05, 4.69) is 26.2 Å². The summed E-state index contributed by atoms with van der Waals surface area (Å²) in [7, 11) is 0. The van der Waals surface area contributed by atoms with E-state index in [1.54, 1.807) is 19.1 Å². The Morgan fingerprint density at radius 2 is 2.05 bits per heavy atom. The summed E-state index contributed by atoms with van der Waals surface area (Å²) in [6, 6.07) is 4.75. The molecule has 5 nitrogen and oxygen atoms in total. The van der Waals surface area contributed by atoms with Crippen LogP contribution >= 0.6 is 27.5 Å². The molecule has 104 valence electrons. The number of halogens is 2. The lowest BCUT2D eigenvalue weighted by Gasteiger charge is -2.06. The van der Waals surface area contributed by atoms with Crippen LogP contribution in [0.3, 0.4) is 0 Å². The van der Waals surface area contributed by atoms with Crippen LogP contribution in [-0.2, 0) is 0 Å². The number of aryl methyl sites for hydroxylation is 1. The number of hydrogen-bond donors (Lipinski definition) is 3. The van der Waals surface area contributed by atoms with Gasteiger partial charge in [-0.05, 0) is 25.1 Å². The highest BCUT2D eigenvalue weighted by Gasteiger charge is 2.18. The Kier molecular flexibility index (Phi) is 4.15. The minimum Gasteiger partial charge on any atom is -0.478 e. The minimum absolute atomic E-state index is 0.0412. The fraction of sp³-hybridized carbons (Fsp3) is 0.0769. The van der Waals surface area contributed by atoms with E-state index in [9.17, 15) is 9.59 Å². The van der Waals surface area contributed by atoms with Crippen molar-refractivity contribution in [3.63, 3.8) is 0 Å². The summed E-state index contributed by atoms with van der Waals surface area (Å²) in [5.74, 6) is -1.54. The van der Waals surface area contributed by atoms with Gasteiger partial charge >= 0.3 is 5.97 Å². The number of carbonyl (C=O) groups is 2. The second-order valence-electron chi connectivity index (χ2n) is 4.12. The summed E-state index contributed by atoms with van der Waals surface area (Å²) >= 11 is 9.12. The second kappa shape index (κ2) is 5.68. The van der Waals surface area contributed by atoms with E-state index in [1.165, 1.54) is 12.3 Å². The third-order valence-electron chi connectivity index (χ3n) is 2.66. The van der Waals surface area contributed by atoms with Gasteiger partial charge in [0.2, 0.25) is 0 Å². The molecule has 0 fully saturated rings. The molecular weight excluding hydrogens is 348 g/mol. The lowest BCUT2D eigenvalue weighted by atomic mass is 10.2. The number of benzene rings is 1. The summed E-state index contributed by atoms with van der Waals surface area (Å²) in [6.07, 6.45) is 1.44. The molecule has 0 aliphatic heterocycles. The van der Waals surface area contributed by atoms with Gasteiger partial charge in [-0.2, -0.15) is 0 Å². The van der Waals surface area contributed by atoms with Crippen LogP contribution in [0.4, 0.5) is 5.69 Å².